The predicted molar refractivity (Wildman–Crippen MR) is 69.5 cm³/mol. The molecule has 0 aromatic carbocycles. The zero-order chi connectivity index (χ0) is 13.8. The van der Waals surface area contributed by atoms with Crippen LogP contribution in [0.1, 0.15) is 33.1 Å². The average molecular weight is 258 g/mol. The molecule has 0 aromatic rings. The van der Waals surface area contributed by atoms with Gasteiger partial charge in [0.2, 0.25) is 0 Å². The van der Waals surface area contributed by atoms with Crippen molar-refractivity contribution in [1.82, 2.24) is 0 Å². The Balaban J connectivity index is 2.63. The lowest BCUT2D eigenvalue weighted by Gasteiger charge is -2.15. The minimum absolute atomic E-state index is 0.0314. The summed E-state index contributed by atoms with van der Waals surface area (Å²) in [7, 11) is 0. The molecular weight excluding hydrogens is 237 g/mol. The van der Waals surface area contributed by atoms with Gasteiger partial charge < -0.3 is 0 Å². The summed E-state index contributed by atoms with van der Waals surface area (Å²) in [5.41, 5.74) is 1.08. The second-order valence-corrected chi connectivity index (χ2v) is 5.06. The maximum atomic E-state index is 13.2. The molecule has 0 amide bonds. The van der Waals surface area contributed by atoms with Gasteiger partial charge in [-0.05, 0) is 38.0 Å². The van der Waals surface area contributed by atoms with Gasteiger partial charge in [0.1, 0.15) is 0 Å². The maximum absolute atomic E-state index is 13.2. The standard InChI is InChI=1S/C15H21F3/c1-4-6-13(15(17,18)10-16)8-5-7-11(2)14-9-12(14)3/h4,7-8,12,14H,1,5-6,9-10H2,2-3H3. The van der Waals surface area contributed by atoms with E-state index >= 15 is 0 Å². The van der Waals surface area contributed by atoms with Gasteiger partial charge in [-0.15, -0.1) is 6.58 Å². The quantitative estimate of drug-likeness (QED) is 0.558. The van der Waals surface area contributed by atoms with Crippen molar-refractivity contribution in [3.8, 4) is 0 Å². The molecule has 1 rings (SSSR count). The highest BCUT2D eigenvalue weighted by atomic mass is 19.3. The van der Waals surface area contributed by atoms with Crippen molar-refractivity contribution >= 4 is 0 Å². The van der Waals surface area contributed by atoms with Crippen LogP contribution in [0.25, 0.3) is 0 Å². The van der Waals surface area contributed by atoms with E-state index in [0.717, 1.165) is 0 Å². The van der Waals surface area contributed by atoms with Crippen LogP contribution in [0.4, 0.5) is 13.2 Å². The van der Waals surface area contributed by atoms with Gasteiger partial charge in [-0.2, -0.15) is 8.78 Å². The van der Waals surface area contributed by atoms with Gasteiger partial charge in [0.05, 0.1) is 0 Å². The number of alkyl halides is 3. The first-order valence-corrected chi connectivity index (χ1v) is 6.33. The summed E-state index contributed by atoms with van der Waals surface area (Å²) >= 11 is 0. The van der Waals surface area contributed by atoms with Crippen LogP contribution in [0.3, 0.4) is 0 Å². The zero-order valence-corrected chi connectivity index (χ0v) is 11.1. The molecule has 1 fully saturated rings. The Bertz CT molecular complexity index is 353. The highest BCUT2D eigenvalue weighted by Crippen LogP contribution is 2.43. The second kappa shape index (κ2) is 6.26. The largest absolute Gasteiger partial charge is 0.297 e. The molecule has 1 aliphatic rings. The van der Waals surface area contributed by atoms with Gasteiger partial charge in [0, 0.05) is 5.57 Å². The highest BCUT2D eigenvalue weighted by molar-refractivity contribution is 5.20. The number of hydrogen-bond acceptors (Lipinski definition) is 0. The van der Waals surface area contributed by atoms with E-state index in [0.29, 0.717) is 18.3 Å². The Morgan fingerprint density at radius 3 is 2.44 bits per heavy atom. The summed E-state index contributed by atoms with van der Waals surface area (Å²) in [4.78, 5) is 0. The molecule has 2 atom stereocenters. The van der Waals surface area contributed by atoms with Crippen molar-refractivity contribution in [3.05, 3.63) is 36.0 Å². The molecule has 1 aliphatic carbocycles. The van der Waals surface area contributed by atoms with Crippen LogP contribution in [0.5, 0.6) is 0 Å². The van der Waals surface area contributed by atoms with Crippen molar-refractivity contribution in [1.29, 1.82) is 0 Å². The fourth-order valence-corrected chi connectivity index (χ4v) is 2.12. The smallest absolute Gasteiger partial charge is 0.244 e. The van der Waals surface area contributed by atoms with Crippen molar-refractivity contribution < 1.29 is 13.2 Å². The highest BCUT2D eigenvalue weighted by Gasteiger charge is 2.34. The molecule has 0 heterocycles. The summed E-state index contributed by atoms with van der Waals surface area (Å²) in [6.07, 6.45) is 6.43. The Kier molecular flexibility index (Phi) is 5.24. The van der Waals surface area contributed by atoms with E-state index in [4.69, 9.17) is 0 Å². The monoisotopic (exact) mass is 258 g/mol. The number of halogens is 3. The second-order valence-electron chi connectivity index (χ2n) is 5.06. The van der Waals surface area contributed by atoms with Crippen LogP contribution in [-0.2, 0) is 0 Å². The number of rotatable bonds is 7. The van der Waals surface area contributed by atoms with E-state index in [1.807, 2.05) is 13.0 Å². The zero-order valence-electron chi connectivity index (χ0n) is 11.1. The molecule has 0 aromatic heterocycles. The molecule has 3 heteroatoms. The van der Waals surface area contributed by atoms with Crippen molar-refractivity contribution in [2.24, 2.45) is 11.8 Å². The molecule has 0 saturated heterocycles. The number of allylic oxidation sites excluding steroid dienone is 5. The van der Waals surface area contributed by atoms with E-state index < -0.39 is 12.6 Å². The molecule has 0 radical (unpaired) electrons. The lowest BCUT2D eigenvalue weighted by atomic mass is 10.0. The van der Waals surface area contributed by atoms with Crippen molar-refractivity contribution in [2.45, 2.75) is 39.0 Å². The third kappa shape index (κ3) is 4.04. The minimum Gasteiger partial charge on any atom is -0.244 e. The Hall–Kier alpha value is -0.990. The Morgan fingerprint density at radius 2 is 2.00 bits per heavy atom. The third-order valence-electron chi connectivity index (χ3n) is 3.50. The van der Waals surface area contributed by atoms with Gasteiger partial charge >= 0.3 is 0 Å². The predicted octanol–water partition coefficient (Wildman–Crippen LogP) is 5.09. The van der Waals surface area contributed by atoms with Gasteiger partial charge in [-0.1, -0.05) is 30.7 Å². The summed E-state index contributed by atoms with van der Waals surface area (Å²) in [6, 6.07) is 0. The molecular formula is C15H21F3. The van der Waals surface area contributed by atoms with Crippen molar-refractivity contribution in [2.75, 3.05) is 6.67 Å². The topological polar surface area (TPSA) is 0 Å². The minimum atomic E-state index is -3.36. The Morgan fingerprint density at radius 1 is 1.39 bits per heavy atom. The normalized spacial score (nSPS) is 25.2. The first kappa shape index (κ1) is 15.1. The van der Waals surface area contributed by atoms with Gasteiger partial charge in [-0.25, -0.2) is 4.39 Å². The van der Waals surface area contributed by atoms with Crippen LogP contribution >= 0.6 is 0 Å². The molecule has 102 valence electrons. The maximum Gasteiger partial charge on any atom is 0.297 e. The third-order valence-corrected chi connectivity index (χ3v) is 3.50. The first-order valence-electron chi connectivity index (χ1n) is 6.33. The van der Waals surface area contributed by atoms with E-state index in [9.17, 15) is 13.2 Å². The molecule has 0 spiro atoms. The van der Waals surface area contributed by atoms with Gasteiger partial charge in [-0.3, -0.25) is 0 Å². The summed E-state index contributed by atoms with van der Waals surface area (Å²) in [6.45, 7) is 5.99. The SMILES string of the molecule is C=CCC(=CCC=C(C)C1CC1C)C(F)(F)CF. The van der Waals surface area contributed by atoms with Crippen LogP contribution in [0, 0.1) is 11.8 Å². The Labute approximate surface area is 107 Å². The molecule has 1 saturated carbocycles. The lowest BCUT2D eigenvalue weighted by molar-refractivity contribution is 0.0132. The first-order chi connectivity index (χ1) is 8.42. The van der Waals surface area contributed by atoms with E-state index in [2.05, 4.69) is 13.5 Å². The summed E-state index contributed by atoms with van der Waals surface area (Å²) < 4.78 is 38.8. The van der Waals surface area contributed by atoms with E-state index in [-0.39, 0.29) is 12.0 Å². The van der Waals surface area contributed by atoms with Crippen molar-refractivity contribution in [3.63, 3.8) is 0 Å². The summed E-state index contributed by atoms with van der Waals surface area (Å²) in [5, 5.41) is 0. The van der Waals surface area contributed by atoms with E-state index in [1.165, 1.54) is 24.1 Å². The molecule has 0 bridgehead atoms. The molecule has 18 heavy (non-hydrogen) atoms. The molecule has 0 N–H and O–H groups in total. The fourth-order valence-electron chi connectivity index (χ4n) is 2.12. The van der Waals surface area contributed by atoms with E-state index in [1.54, 1.807) is 0 Å². The summed E-state index contributed by atoms with van der Waals surface area (Å²) in [5.74, 6) is -2.03. The van der Waals surface area contributed by atoms with Crippen LogP contribution in [0.2, 0.25) is 0 Å². The van der Waals surface area contributed by atoms with Crippen LogP contribution < -0.4 is 0 Å². The van der Waals surface area contributed by atoms with Gasteiger partial charge in [0.25, 0.3) is 5.92 Å². The van der Waals surface area contributed by atoms with Crippen LogP contribution in [-0.4, -0.2) is 12.6 Å². The molecule has 2 unspecified atom stereocenters. The van der Waals surface area contributed by atoms with Crippen LogP contribution in [0.15, 0.2) is 36.0 Å². The van der Waals surface area contributed by atoms with Gasteiger partial charge in [0.15, 0.2) is 6.67 Å². The molecule has 0 nitrogen and oxygen atoms in total. The number of hydrogen-bond donors (Lipinski definition) is 0. The fraction of sp³-hybridized carbons (Fsp3) is 0.600. The molecule has 0 aliphatic heterocycles. The lowest BCUT2D eigenvalue weighted by Crippen LogP contribution is -2.21. The average Bonchev–Trinajstić information content (AvgIpc) is 3.05.